The molecule has 236 valence electrons. The molecule has 0 fully saturated rings. The lowest BCUT2D eigenvalue weighted by molar-refractivity contribution is -0.140. The Morgan fingerprint density at radius 2 is 1.51 bits per heavy atom. The Labute approximate surface area is 269 Å². The predicted molar refractivity (Wildman–Crippen MR) is 176 cm³/mol. The summed E-state index contributed by atoms with van der Waals surface area (Å²) in [7, 11) is -4.25. The van der Waals surface area contributed by atoms with Crippen molar-refractivity contribution in [1.82, 2.24) is 10.2 Å². The number of carbonyl (C=O) groups is 2. The van der Waals surface area contributed by atoms with E-state index in [-0.39, 0.29) is 23.5 Å². The molecule has 0 spiro atoms. The molecule has 0 aliphatic heterocycles. The van der Waals surface area contributed by atoms with Gasteiger partial charge in [-0.15, -0.1) is 0 Å². The first-order valence-corrected chi connectivity index (χ1v) is 16.3. The average molecular weight is 650 g/mol. The van der Waals surface area contributed by atoms with Crippen LogP contribution in [0.1, 0.15) is 37.5 Å². The number of nitrogens with zero attached hydrogens (tertiary/aromatic N) is 2. The molecule has 0 aliphatic rings. The fraction of sp³-hybridized carbons (Fsp3) is 0.257. The van der Waals surface area contributed by atoms with Gasteiger partial charge in [0.1, 0.15) is 18.4 Å². The van der Waals surface area contributed by atoms with Gasteiger partial charge in [-0.05, 0) is 81.3 Å². The van der Waals surface area contributed by atoms with Crippen molar-refractivity contribution < 1.29 is 22.4 Å². The summed E-state index contributed by atoms with van der Waals surface area (Å²) in [5.74, 6) is -1.48. The van der Waals surface area contributed by atoms with E-state index in [4.69, 9.17) is 11.6 Å². The second-order valence-corrected chi connectivity index (χ2v) is 14.2. The van der Waals surface area contributed by atoms with E-state index >= 15 is 0 Å². The minimum absolute atomic E-state index is 0.00253. The molecule has 45 heavy (non-hydrogen) atoms. The molecule has 0 saturated heterocycles. The summed E-state index contributed by atoms with van der Waals surface area (Å²) in [4.78, 5) is 29.7. The summed E-state index contributed by atoms with van der Waals surface area (Å²) in [6, 6.07) is 26.4. The number of hydrogen-bond donors (Lipinski definition) is 1. The number of halogens is 2. The van der Waals surface area contributed by atoms with E-state index in [9.17, 15) is 22.4 Å². The zero-order valence-electron chi connectivity index (χ0n) is 25.7. The molecular weight excluding hydrogens is 613 g/mol. The van der Waals surface area contributed by atoms with Gasteiger partial charge in [0.15, 0.2) is 0 Å². The third kappa shape index (κ3) is 9.15. The topological polar surface area (TPSA) is 86.8 Å². The van der Waals surface area contributed by atoms with Gasteiger partial charge < -0.3 is 10.2 Å². The lowest BCUT2D eigenvalue weighted by Crippen LogP contribution is -2.56. The highest BCUT2D eigenvalue weighted by Gasteiger charge is 2.35. The van der Waals surface area contributed by atoms with Gasteiger partial charge in [-0.1, -0.05) is 77.8 Å². The van der Waals surface area contributed by atoms with Crippen LogP contribution < -0.4 is 9.62 Å². The van der Waals surface area contributed by atoms with E-state index in [1.807, 2.05) is 58.0 Å². The van der Waals surface area contributed by atoms with Crippen LogP contribution in [0.4, 0.5) is 10.1 Å². The van der Waals surface area contributed by atoms with Crippen molar-refractivity contribution in [2.75, 3.05) is 10.8 Å². The van der Waals surface area contributed by atoms with Gasteiger partial charge in [0.05, 0.1) is 10.6 Å². The van der Waals surface area contributed by atoms with Crippen LogP contribution >= 0.6 is 11.6 Å². The lowest BCUT2D eigenvalue weighted by Gasteiger charge is -2.35. The normalized spacial score (nSPS) is 12.3. The van der Waals surface area contributed by atoms with E-state index in [0.717, 1.165) is 15.4 Å². The van der Waals surface area contributed by atoms with Crippen molar-refractivity contribution in [2.45, 2.75) is 57.1 Å². The Hall–Kier alpha value is -4.21. The van der Waals surface area contributed by atoms with Crippen LogP contribution in [0.15, 0.2) is 108 Å². The number of nitrogens with one attached hydrogen (secondary N) is 1. The summed E-state index contributed by atoms with van der Waals surface area (Å²) in [5.41, 5.74) is 1.83. The molecule has 1 atom stereocenters. The van der Waals surface area contributed by atoms with Crippen LogP contribution in [0.5, 0.6) is 0 Å². The van der Waals surface area contributed by atoms with Crippen LogP contribution in [0.25, 0.3) is 0 Å². The average Bonchev–Trinajstić information content (AvgIpc) is 2.98. The van der Waals surface area contributed by atoms with E-state index in [2.05, 4.69) is 5.32 Å². The first kappa shape index (κ1) is 33.7. The quantitative estimate of drug-likeness (QED) is 0.200. The number of anilines is 1. The Balaban J connectivity index is 1.81. The second-order valence-electron chi connectivity index (χ2n) is 11.9. The molecular formula is C35H37ClFN3O4S. The van der Waals surface area contributed by atoms with Crippen molar-refractivity contribution in [3.05, 3.63) is 131 Å². The number of sulfonamides is 1. The summed E-state index contributed by atoms with van der Waals surface area (Å²) in [6.45, 7) is 6.67. The largest absolute Gasteiger partial charge is 0.350 e. The summed E-state index contributed by atoms with van der Waals surface area (Å²) < 4.78 is 43.0. The fourth-order valence-corrected chi connectivity index (χ4v) is 6.38. The Bertz CT molecular complexity index is 1730. The van der Waals surface area contributed by atoms with Crippen LogP contribution in [-0.4, -0.2) is 43.3 Å². The second kappa shape index (κ2) is 14.3. The highest BCUT2D eigenvalue weighted by atomic mass is 35.5. The minimum atomic E-state index is -4.25. The summed E-state index contributed by atoms with van der Waals surface area (Å²) in [5, 5.41) is 3.27. The van der Waals surface area contributed by atoms with E-state index in [1.165, 1.54) is 47.4 Å². The number of aryl methyl sites for hydroxylation is 1. The molecule has 0 aliphatic carbocycles. The van der Waals surface area contributed by atoms with Gasteiger partial charge in [-0.3, -0.25) is 13.9 Å². The van der Waals surface area contributed by atoms with Crippen LogP contribution in [-0.2, 0) is 32.6 Å². The molecule has 1 N–H and O–H groups in total. The molecule has 10 heteroatoms. The molecule has 0 bridgehead atoms. The van der Waals surface area contributed by atoms with Crippen LogP contribution in [0.2, 0.25) is 5.02 Å². The molecule has 4 rings (SSSR count). The van der Waals surface area contributed by atoms with Crippen LogP contribution in [0.3, 0.4) is 0 Å². The molecule has 1 unspecified atom stereocenters. The minimum Gasteiger partial charge on any atom is -0.350 e. The van der Waals surface area contributed by atoms with Crippen molar-refractivity contribution in [1.29, 1.82) is 0 Å². The Morgan fingerprint density at radius 3 is 2.11 bits per heavy atom. The zero-order valence-corrected chi connectivity index (χ0v) is 27.3. The molecule has 0 radical (unpaired) electrons. The maximum atomic E-state index is 14.4. The molecule has 7 nitrogen and oxygen atoms in total. The van der Waals surface area contributed by atoms with E-state index < -0.39 is 45.8 Å². The van der Waals surface area contributed by atoms with E-state index in [0.29, 0.717) is 10.6 Å². The monoisotopic (exact) mass is 649 g/mol. The number of carbonyl (C=O) groups excluding carboxylic acids is 2. The summed E-state index contributed by atoms with van der Waals surface area (Å²) in [6.07, 6.45) is 0.164. The number of rotatable bonds is 11. The first-order valence-electron chi connectivity index (χ1n) is 14.5. The molecule has 0 heterocycles. The van der Waals surface area contributed by atoms with Gasteiger partial charge >= 0.3 is 0 Å². The molecule has 4 aromatic carbocycles. The fourth-order valence-electron chi connectivity index (χ4n) is 4.79. The summed E-state index contributed by atoms with van der Waals surface area (Å²) >= 11 is 6.27. The lowest BCUT2D eigenvalue weighted by atomic mass is 10.0. The molecule has 0 saturated carbocycles. The van der Waals surface area contributed by atoms with Crippen molar-refractivity contribution in [2.24, 2.45) is 0 Å². The highest BCUT2D eigenvalue weighted by Crippen LogP contribution is 2.27. The zero-order chi connectivity index (χ0) is 32.8. The molecule has 2 amide bonds. The van der Waals surface area contributed by atoms with Crippen LogP contribution in [0, 0.1) is 12.7 Å². The highest BCUT2D eigenvalue weighted by molar-refractivity contribution is 7.92. The number of benzene rings is 4. The maximum Gasteiger partial charge on any atom is 0.264 e. The van der Waals surface area contributed by atoms with Crippen molar-refractivity contribution >= 4 is 39.1 Å². The number of amides is 2. The Kier molecular flexibility index (Phi) is 10.7. The van der Waals surface area contributed by atoms with Gasteiger partial charge in [0, 0.05) is 23.5 Å². The van der Waals surface area contributed by atoms with Gasteiger partial charge in [-0.2, -0.15) is 0 Å². The smallest absolute Gasteiger partial charge is 0.264 e. The third-order valence-electron chi connectivity index (χ3n) is 7.02. The predicted octanol–water partition coefficient (Wildman–Crippen LogP) is 6.54. The van der Waals surface area contributed by atoms with Gasteiger partial charge in [0.25, 0.3) is 10.0 Å². The Morgan fingerprint density at radius 1 is 0.867 bits per heavy atom. The first-order chi connectivity index (χ1) is 21.2. The van der Waals surface area contributed by atoms with Crippen molar-refractivity contribution in [3.63, 3.8) is 0 Å². The number of hydrogen-bond acceptors (Lipinski definition) is 4. The SMILES string of the molecule is Cc1ccc(S(=O)(=O)N(CC(=O)N(Cc2ccc(F)cc2)C(Cc2ccccc2)C(=O)NC(C)(C)C)c2cccc(Cl)c2)cc1. The maximum absolute atomic E-state index is 14.4. The van der Waals surface area contributed by atoms with Gasteiger partial charge in [-0.25, -0.2) is 12.8 Å². The third-order valence-corrected chi connectivity index (χ3v) is 9.04. The van der Waals surface area contributed by atoms with Gasteiger partial charge in [0.2, 0.25) is 11.8 Å². The standard InChI is InChI=1S/C35H37ClFN3O4S/c1-25-13-19-31(20-14-25)45(43,44)40(30-12-8-11-28(36)22-30)24-33(41)39(23-27-15-17-29(37)18-16-27)32(34(42)38-35(2,3)4)21-26-9-6-5-7-10-26/h5-20,22,32H,21,23-24H2,1-4H3,(H,38,42). The van der Waals surface area contributed by atoms with E-state index in [1.54, 1.807) is 30.3 Å². The van der Waals surface area contributed by atoms with Crippen molar-refractivity contribution in [3.8, 4) is 0 Å². The molecule has 4 aromatic rings. The molecule has 0 aromatic heterocycles.